The summed E-state index contributed by atoms with van der Waals surface area (Å²) in [6.07, 6.45) is 3.63. The third-order valence-electron chi connectivity index (χ3n) is 2.78. The molecule has 0 saturated heterocycles. The van der Waals surface area contributed by atoms with Crippen LogP contribution in [-0.2, 0) is 6.54 Å². The van der Waals surface area contributed by atoms with Crippen LogP contribution >= 0.6 is 31.9 Å². The summed E-state index contributed by atoms with van der Waals surface area (Å²) in [7, 11) is 1.65. The zero-order valence-electron chi connectivity index (χ0n) is 10.7. The molecule has 2 rings (SSSR count). The Morgan fingerprint density at radius 2 is 1.95 bits per heavy atom. The van der Waals surface area contributed by atoms with Gasteiger partial charge in [0, 0.05) is 12.7 Å². The lowest BCUT2D eigenvalue weighted by molar-refractivity contribution is 0.409. The van der Waals surface area contributed by atoms with Gasteiger partial charge in [0.2, 0.25) is 0 Å². The molecule has 0 unspecified atom stereocenters. The van der Waals surface area contributed by atoms with Gasteiger partial charge in [0.15, 0.2) is 0 Å². The third-order valence-corrected chi connectivity index (χ3v) is 3.96. The lowest BCUT2D eigenvalue weighted by atomic mass is 10.2. The normalized spacial score (nSPS) is 10.3. The molecule has 5 heteroatoms. The molecule has 19 heavy (non-hydrogen) atoms. The van der Waals surface area contributed by atoms with E-state index in [1.165, 1.54) is 5.56 Å². The van der Waals surface area contributed by atoms with Crippen molar-refractivity contribution in [1.82, 2.24) is 4.98 Å². The van der Waals surface area contributed by atoms with E-state index in [-0.39, 0.29) is 0 Å². The highest BCUT2D eigenvalue weighted by Crippen LogP contribution is 2.34. The van der Waals surface area contributed by atoms with Crippen LogP contribution in [0.15, 0.2) is 39.5 Å². The summed E-state index contributed by atoms with van der Waals surface area (Å²) in [6, 6.07) is 6.08. The summed E-state index contributed by atoms with van der Waals surface area (Å²) in [5.74, 6) is 0.807. The zero-order valence-corrected chi connectivity index (χ0v) is 13.9. The van der Waals surface area contributed by atoms with Crippen molar-refractivity contribution in [2.75, 3.05) is 12.4 Å². The topological polar surface area (TPSA) is 34.1 Å². The van der Waals surface area contributed by atoms with E-state index in [0.717, 1.165) is 32.5 Å². The summed E-state index contributed by atoms with van der Waals surface area (Å²) >= 11 is 7.01. The van der Waals surface area contributed by atoms with Crippen LogP contribution in [0, 0.1) is 6.92 Å². The molecule has 1 aromatic carbocycles. The summed E-state index contributed by atoms with van der Waals surface area (Å²) in [4.78, 5) is 4.12. The van der Waals surface area contributed by atoms with Gasteiger partial charge in [-0.15, -0.1) is 0 Å². The van der Waals surface area contributed by atoms with Crippen LogP contribution < -0.4 is 10.1 Å². The van der Waals surface area contributed by atoms with Crippen molar-refractivity contribution in [3.63, 3.8) is 0 Å². The molecule has 1 aromatic heterocycles. The first-order valence-electron chi connectivity index (χ1n) is 5.78. The summed E-state index contributed by atoms with van der Waals surface area (Å²) in [5.41, 5.74) is 3.38. The Hall–Kier alpha value is -1.07. The minimum absolute atomic E-state index is 0.730. The van der Waals surface area contributed by atoms with Crippen LogP contribution in [0.4, 0.5) is 5.69 Å². The maximum Gasteiger partial charge on any atom is 0.147 e. The van der Waals surface area contributed by atoms with Gasteiger partial charge in [-0.05, 0) is 68.1 Å². The SMILES string of the molecule is COc1c(Br)cc(CNc2cnccc2C)cc1Br. The highest BCUT2D eigenvalue weighted by molar-refractivity contribution is 9.11. The maximum absolute atomic E-state index is 5.29. The first kappa shape index (κ1) is 14.3. The molecular formula is C14H14Br2N2O. The molecule has 1 N–H and O–H groups in total. The van der Waals surface area contributed by atoms with Crippen LogP contribution in [0.2, 0.25) is 0 Å². The van der Waals surface area contributed by atoms with Crippen molar-refractivity contribution in [2.45, 2.75) is 13.5 Å². The van der Waals surface area contributed by atoms with Crippen LogP contribution in [0.1, 0.15) is 11.1 Å². The quantitative estimate of drug-likeness (QED) is 0.839. The maximum atomic E-state index is 5.29. The highest BCUT2D eigenvalue weighted by Gasteiger charge is 2.08. The van der Waals surface area contributed by atoms with Crippen molar-refractivity contribution in [1.29, 1.82) is 0 Å². The number of rotatable bonds is 4. The van der Waals surface area contributed by atoms with Gasteiger partial charge in [0.25, 0.3) is 0 Å². The van der Waals surface area contributed by atoms with Gasteiger partial charge in [-0.1, -0.05) is 0 Å². The number of methoxy groups -OCH3 is 1. The molecule has 0 aliphatic rings. The first-order chi connectivity index (χ1) is 9.11. The zero-order chi connectivity index (χ0) is 13.8. The molecular weight excluding hydrogens is 372 g/mol. The Labute approximate surface area is 129 Å². The van der Waals surface area contributed by atoms with E-state index in [1.807, 2.05) is 24.4 Å². The molecule has 1 heterocycles. The molecule has 0 aliphatic carbocycles. The molecule has 0 amide bonds. The fraction of sp³-hybridized carbons (Fsp3) is 0.214. The first-order valence-corrected chi connectivity index (χ1v) is 7.37. The fourth-order valence-electron chi connectivity index (χ4n) is 1.76. The number of halogens is 2. The van der Waals surface area contributed by atoms with E-state index in [0.29, 0.717) is 0 Å². The predicted octanol–water partition coefficient (Wildman–Crippen LogP) is 4.54. The average molecular weight is 386 g/mol. The van der Waals surface area contributed by atoms with Crippen LogP contribution in [0.25, 0.3) is 0 Å². The van der Waals surface area contributed by atoms with E-state index in [2.05, 4.69) is 49.1 Å². The molecule has 2 aromatic rings. The summed E-state index contributed by atoms with van der Waals surface area (Å²) < 4.78 is 7.16. The van der Waals surface area contributed by atoms with Gasteiger partial charge in [-0.25, -0.2) is 0 Å². The molecule has 0 bridgehead atoms. The number of benzene rings is 1. The standard InChI is InChI=1S/C14H14Br2N2O/c1-9-3-4-17-8-13(9)18-7-10-5-11(15)14(19-2)12(16)6-10/h3-6,8,18H,7H2,1-2H3. The Balaban J connectivity index is 2.15. The molecule has 3 nitrogen and oxygen atoms in total. The Bertz CT molecular complexity index is 564. The average Bonchev–Trinajstić information content (AvgIpc) is 2.37. The number of anilines is 1. The van der Waals surface area contributed by atoms with E-state index in [9.17, 15) is 0 Å². The minimum atomic E-state index is 0.730. The summed E-state index contributed by atoms with van der Waals surface area (Å²) in [6.45, 7) is 2.79. The van der Waals surface area contributed by atoms with Crippen molar-refractivity contribution in [2.24, 2.45) is 0 Å². The number of aryl methyl sites for hydroxylation is 1. The molecule has 0 saturated carbocycles. The number of ether oxygens (including phenoxy) is 1. The molecule has 0 radical (unpaired) electrons. The minimum Gasteiger partial charge on any atom is -0.494 e. The van der Waals surface area contributed by atoms with Gasteiger partial charge < -0.3 is 10.1 Å². The van der Waals surface area contributed by atoms with Crippen molar-refractivity contribution < 1.29 is 4.74 Å². The number of nitrogens with zero attached hydrogens (tertiary/aromatic N) is 1. The Morgan fingerprint density at radius 1 is 1.26 bits per heavy atom. The number of aromatic nitrogens is 1. The third kappa shape index (κ3) is 3.48. The van der Waals surface area contributed by atoms with Crippen LogP contribution in [0.3, 0.4) is 0 Å². The van der Waals surface area contributed by atoms with Crippen LogP contribution in [-0.4, -0.2) is 12.1 Å². The lowest BCUT2D eigenvalue weighted by Crippen LogP contribution is -2.02. The van der Waals surface area contributed by atoms with Crippen molar-refractivity contribution >= 4 is 37.5 Å². The summed E-state index contributed by atoms with van der Waals surface area (Å²) in [5, 5.41) is 3.38. The molecule has 100 valence electrons. The second-order valence-electron chi connectivity index (χ2n) is 4.14. The largest absolute Gasteiger partial charge is 0.494 e. The second-order valence-corrected chi connectivity index (χ2v) is 5.85. The Morgan fingerprint density at radius 3 is 2.53 bits per heavy atom. The van der Waals surface area contributed by atoms with Crippen LogP contribution in [0.5, 0.6) is 5.75 Å². The lowest BCUT2D eigenvalue weighted by Gasteiger charge is -2.12. The predicted molar refractivity (Wildman–Crippen MR) is 84.7 cm³/mol. The monoisotopic (exact) mass is 384 g/mol. The van der Waals surface area contributed by atoms with Gasteiger partial charge in [-0.3, -0.25) is 4.98 Å². The smallest absolute Gasteiger partial charge is 0.147 e. The Kier molecular flexibility index (Phi) is 4.82. The van der Waals surface area contributed by atoms with E-state index in [1.54, 1.807) is 13.3 Å². The van der Waals surface area contributed by atoms with Crippen molar-refractivity contribution in [3.05, 3.63) is 50.7 Å². The van der Waals surface area contributed by atoms with Gasteiger partial charge in [0.1, 0.15) is 5.75 Å². The second kappa shape index (κ2) is 6.39. The number of nitrogens with one attached hydrogen (secondary N) is 1. The molecule has 0 spiro atoms. The number of pyridine rings is 1. The van der Waals surface area contributed by atoms with Gasteiger partial charge in [-0.2, -0.15) is 0 Å². The van der Waals surface area contributed by atoms with Crippen molar-refractivity contribution in [3.8, 4) is 5.75 Å². The molecule has 0 aliphatic heterocycles. The van der Waals surface area contributed by atoms with Gasteiger partial charge >= 0.3 is 0 Å². The van der Waals surface area contributed by atoms with E-state index >= 15 is 0 Å². The molecule has 0 fully saturated rings. The van der Waals surface area contributed by atoms with E-state index < -0.39 is 0 Å². The molecule has 0 atom stereocenters. The van der Waals surface area contributed by atoms with Gasteiger partial charge in [0.05, 0.1) is 27.9 Å². The van der Waals surface area contributed by atoms with E-state index in [4.69, 9.17) is 4.74 Å². The number of hydrogen-bond donors (Lipinski definition) is 1. The highest BCUT2D eigenvalue weighted by atomic mass is 79.9. The fourth-order valence-corrected chi connectivity index (χ4v) is 3.36. The number of hydrogen-bond acceptors (Lipinski definition) is 3.